The van der Waals surface area contributed by atoms with Gasteiger partial charge < -0.3 is 5.32 Å². The van der Waals surface area contributed by atoms with Gasteiger partial charge in [0.05, 0.1) is 5.75 Å². The molecule has 1 amide bonds. The van der Waals surface area contributed by atoms with E-state index in [0.29, 0.717) is 18.3 Å². The number of carbonyl (C=O) groups is 1. The van der Waals surface area contributed by atoms with Gasteiger partial charge in [0.25, 0.3) is 0 Å². The molecular weight excluding hydrogens is 400 g/mol. The van der Waals surface area contributed by atoms with E-state index >= 15 is 0 Å². The van der Waals surface area contributed by atoms with E-state index in [2.05, 4.69) is 65.6 Å². The van der Waals surface area contributed by atoms with Gasteiger partial charge in [0, 0.05) is 34.0 Å². The van der Waals surface area contributed by atoms with Crippen LogP contribution in [0.4, 0.5) is 0 Å². The molecule has 0 unspecified atom stereocenters. The number of aryl methyl sites for hydroxylation is 2. The van der Waals surface area contributed by atoms with Crippen LogP contribution in [0.3, 0.4) is 0 Å². The van der Waals surface area contributed by atoms with E-state index in [4.69, 9.17) is 0 Å². The lowest BCUT2D eigenvalue weighted by Gasteiger charge is -2.10. The smallest absolute Gasteiger partial charge is 0.230 e. The highest BCUT2D eigenvalue weighted by Gasteiger charge is 2.24. The van der Waals surface area contributed by atoms with E-state index in [1.807, 2.05) is 10.6 Å². The Morgan fingerprint density at radius 1 is 1.31 bits per heavy atom. The molecule has 2 aromatic heterocycles. The van der Waals surface area contributed by atoms with Crippen LogP contribution in [0.15, 0.2) is 47.5 Å². The summed E-state index contributed by atoms with van der Waals surface area (Å²) < 4.78 is 2.04. The number of hydrogen-bond acceptors (Lipinski definition) is 5. The highest BCUT2D eigenvalue weighted by molar-refractivity contribution is 7.99. The SMILES string of the molecule is C=CCn1c(SCC(=O)NC2CC2)nnc1-c1csc(C)c1-c1ccc(C)cc1. The maximum atomic E-state index is 12.1. The van der Waals surface area contributed by atoms with Gasteiger partial charge in [-0.3, -0.25) is 9.36 Å². The fourth-order valence-electron chi connectivity index (χ4n) is 3.21. The topological polar surface area (TPSA) is 59.8 Å². The van der Waals surface area contributed by atoms with Crippen LogP contribution in [0.1, 0.15) is 23.3 Å². The lowest BCUT2D eigenvalue weighted by Crippen LogP contribution is -2.27. The zero-order valence-corrected chi connectivity index (χ0v) is 18.3. The normalized spacial score (nSPS) is 13.4. The molecule has 0 spiro atoms. The summed E-state index contributed by atoms with van der Waals surface area (Å²) in [5.74, 6) is 1.22. The van der Waals surface area contributed by atoms with Gasteiger partial charge in [0.2, 0.25) is 5.91 Å². The highest BCUT2D eigenvalue weighted by atomic mass is 32.2. The molecule has 1 saturated carbocycles. The summed E-state index contributed by atoms with van der Waals surface area (Å²) >= 11 is 3.14. The lowest BCUT2D eigenvalue weighted by molar-refractivity contribution is -0.118. The van der Waals surface area contributed by atoms with E-state index in [0.717, 1.165) is 29.4 Å². The number of aromatic nitrogens is 3. The Labute approximate surface area is 179 Å². The Hall–Kier alpha value is -2.38. The molecule has 0 atom stereocenters. The third kappa shape index (κ3) is 4.46. The Kier molecular flexibility index (Phi) is 5.87. The van der Waals surface area contributed by atoms with Crippen molar-refractivity contribution in [1.82, 2.24) is 20.1 Å². The Morgan fingerprint density at radius 2 is 2.07 bits per heavy atom. The van der Waals surface area contributed by atoms with E-state index < -0.39 is 0 Å². The minimum Gasteiger partial charge on any atom is -0.353 e. The predicted molar refractivity (Wildman–Crippen MR) is 120 cm³/mol. The van der Waals surface area contributed by atoms with Crippen LogP contribution >= 0.6 is 23.1 Å². The van der Waals surface area contributed by atoms with Gasteiger partial charge in [0.15, 0.2) is 11.0 Å². The number of thiophene rings is 1. The highest BCUT2D eigenvalue weighted by Crippen LogP contribution is 2.39. The average Bonchev–Trinajstić information content (AvgIpc) is 3.31. The molecule has 2 heterocycles. The van der Waals surface area contributed by atoms with Gasteiger partial charge in [-0.1, -0.05) is 47.7 Å². The number of benzene rings is 1. The number of nitrogens with zero attached hydrogens (tertiary/aromatic N) is 3. The molecule has 0 bridgehead atoms. The Balaban J connectivity index is 1.64. The molecule has 1 aliphatic rings. The van der Waals surface area contributed by atoms with Crippen molar-refractivity contribution in [3.8, 4) is 22.5 Å². The van der Waals surface area contributed by atoms with Gasteiger partial charge >= 0.3 is 0 Å². The minimum absolute atomic E-state index is 0.0546. The molecule has 4 rings (SSSR count). The molecule has 1 aromatic carbocycles. The number of thioether (sulfide) groups is 1. The number of nitrogens with one attached hydrogen (secondary N) is 1. The van der Waals surface area contributed by atoms with Crippen LogP contribution in [0.5, 0.6) is 0 Å². The average molecular weight is 425 g/mol. The predicted octanol–water partition coefficient (Wildman–Crippen LogP) is 4.85. The number of hydrogen-bond donors (Lipinski definition) is 1. The van der Waals surface area contributed by atoms with Gasteiger partial charge in [-0.2, -0.15) is 0 Å². The molecule has 0 saturated heterocycles. The lowest BCUT2D eigenvalue weighted by atomic mass is 10.0. The number of carbonyl (C=O) groups excluding carboxylic acids is 1. The fourth-order valence-corrected chi connectivity index (χ4v) is 4.84. The van der Waals surface area contributed by atoms with Crippen LogP contribution in [-0.2, 0) is 11.3 Å². The molecule has 5 nitrogen and oxygen atoms in total. The molecule has 1 fully saturated rings. The largest absolute Gasteiger partial charge is 0.353 e. The summed E-state index contributed by atoms with van der Waals surface area (Å²) in [6.07, 6.45) is 4.02. The number of amides is 1. The second kappa shape index (κ2) is 8.55. The quantitative estimate of drug-likeness (QED) is 0.415. The molecular formula is C22H24N4OS2. The first kappa shape index (κ1) is 19.9. The first-order valence-electron chi connectivity index (χ1n) is 9.68. The zero-order chi connectivity index (χ0) is 20.4. The van der Waals surface area contributed by atoms with Crippen LogP contribution < -0.4 is 5.32 Å². The zero-order valence-electron chi connectivity index (χ0n) is 16.6. The fraction of sp³-hybridized carbons (Fsp3) is 0.318. The summed E-state index contributed by atoms with van der Waals surface area (Å²) in [6, 6.07) is 8.94. The minimum atomic E-state index is 0.0546. The monoisotopic (exact) mass is 424 g/mol. The van der Waals surface area contributed by atoms with Gasteiger partial charge in [-0.05, 0) is 32.3 Å². The van der Waals surface area contributed by atoms with Crippen molar-refractivity contribution in [2.45, 2.75) is 44.4 Å². The van der Waals surface area contributed by atoms with Crippen LogP contribution in [0, 0.1) is 13.8 Å². The summed E-state index contributed by atoms with van der Waals surface area (Å²) in [6.45, 7) is 8.71. The second-order valence-corrected chi connectivity index (χ2v) is 9.31. The van der Waals surface area contributed by atoms with Crippen molar-refractivity contribution in [1.29, 1.82) is 0 Å². The van der Waals surface area contributed by atoms with Crippen molar-refractivity contribution in [3.63, 3.8) is 0 Å². The van der Waals surface area contributed by atoms with Gasteiger partial charge in [-0.25, -0.2) is 0 Å². The molecule has 3 aromatic rings. The van der Waals surface area contributed by atoms with Crippen molar-refractivity contribution >= 4 is 29.0 Å². The van der Waals surface area contributed by atoms with E-state index in [9.17, 15) is 4.79 Å². The van der Waals surface area contributed by atoms with E-state index in [1.54, 1.807) is 11.3 Å². The first-order valence-corrected chi connectivity index (χ1v) is 11.5. The van der Waals surface area contributed by atoms with Crippen molar-refractivity contribution in [3.05, 3.63) is 52.7 Å². The Bertz CT molecular complexity index is 1030. The summed E-state index contributed by atoms with van der Waals surface area (Å²) in [5.41, 5.74) is 4.67. The molecule has 1 aliphatic carbocycles. The van der Waals surface area contributed by atoms with Gasteiger partial charge in [0.1, 0.15) is 0 Å². The maximum Gasteiger partial charge on any atom is 0.230 e. The van der Waals surface area contributed by atoms with Gasteiger partial charge in [-0.15, -0.1) is 28.1 Å². The number of rotatable bonds is 8. The Morgan fingerprint density at radius 3 is 2.76 bits per heavy atom. The van der Waals surface area contributed by atoms with E-state index in [1.165, 1.54) is 33.3 Å². The molecule has 0 aliphatic heterocycles. The van der Waals surface area contributed by atoms with E-state index in [-0.39, 0.29) is 5.91 Å². The van der Waals surface area contributed by atoms with Crippen molar-refractivity contribution in [2.75, 3.05) is 5.75 Å². The van der Waals surface area contributed by atoms with Crippen molar-refractivity contribution < 1.29 is 4.79 Å². The maximum absolute atomic E-state index is 12.1. The van der Waals surface area contributed by atoms with Crippen LogP contribution in [0.25, 0.3) is 22.5 Å². The molecule has 7 heteroatoms. The van der Waals surface area contributed by atoms with Crippen molar-refractivity contribution in [2.24, 2.45) is 0 Å². The third-order valence-electron chi connectivity index (χ3n) is 4.86. The second-order valence-electron chi connectivity index (χ2n) is 7.28. The summed E-state index contributed by atoms with van der Waals surface area (Å²) in [4.78, 5) is 13.3. The summed E-state index contributed by atoms with van der Waals surface area (Å²) in [5, 5.41) is 14.8. The van der Waals surface area contributed by atoms with Crippen LogP contribution in [-0.4, -0.2) is 32.5 Å². The standard InChI is InChI=1S/C22H24N4OS2/c1-4-11-26-21(24-25-22(26)29-13-19(27)23-17-9-10-17)18-12-28-15(3)20(18)16-7-5-14(2)6-8-16/h4-8,12,17H,1,9-11,13H2,2-3H3,(H,23,27). The van der Waals surface area contributed by atoms with Crippen LogP contribution in [0.2, 0.25) is 0 Å². The summed E-state index contributed by atoms with van der Waals surface area (Å²) in [7, 11) is 0. The third-order valence-corrected chi connectivity index (χ3v) is 6.74. The molecule has 29 heavy (non-hydrogen) atoms. The number of allylic oxidation sites excluding steroid dienone is 1. The molecule has 1 N–H and O–H groups in total. The molecule has 150 valence electrons. The molecule has 0 radical (unpaired) electrons. The first-order chi connectivity index (χ1) is 14.1.